The van der Waals surface area contributed by atoms with Crippen LogP contribution in [0.3, 0.4) is 0 Å². The zero-order chi connectivity index (χ0) is 24.5. The van der Waals surface area contributed by atoms with Gasteiger partial charge in [-0.1, -0.05) is 12.1 Å². The Bertz CT molecular complexity index is 1270. The number of aromatic nitrogens is 4. The fraction of sp³-hybridized carbons (Fsp3) is 0.125. The molecule has 0 saturated heterocycles. The Morgan fingerprint density at radius 3 is 2.15 bits per heavy atom. The average molecular weight is 477 g/mol. The molecule has 2 aromatic heterocycles. The van der Waals surface area contributed by atoms with Crippen LogP contribution >= 0.6 is 7.60 Å². The Hall–Kier alpha value is -3.95. The van der Waals surface area contributed by atoms with Gasteiger partial charge in [-0.05, 0) is 17.7 Å². The van der Waals surface area contributed by atoms with Crippen molar-refractivity contribution in [3.05, 3.63) is 36.0 Å². The van der Waals surface area contributed by atoms with Crippen LogP contribution in [-0.4, -0.2) is 48.8 Å². The molecule has 16 nitrogen and oxygen atoms in total. The van der Waals surface area contributed by atoms with Gasteiger partial charge >= 0.3 is 19.7 Å². The fourth-order valence-electron chi connectivity index (χ4n) is 2.71. The lowest BCUT2D eigenvalue weighted by Gasteiger charge is -2.21. The van der Waals surface area contributed by atoms with Crippen molar-refractivity contribution in [2.24, 2.45) is 23.2 Å². The Balaban J connectivity index is 2.05. The summed E-state index contributed by atoms with van der Waals surface area (Å²) >= 11 is 0. The van der Waals surface area contributed by atoms with Crippen LogP contribution in [0.25, 0.3) is 11.2 Å². The summed E-state index contributed by atoms with van der Waals surface area (Å²) in [5, 5.41) is 0.913. The SMILES string of the molecule is CN(c1ccc(CP(=O)(O)O)cc1)c1cnc2nc(N(N)C(N)=O)nc(N(N)C(N)=O)c2n1. The number of anilines is 4. The Morgan fingerprint density at radius 1 is 1.00 bits per heavy atom. The van der Waals surface area contributed by atoms with E-state index in [0.29, 0.717) is 21.3 Å². The van der Waals surface area contributed by atoms with Crippen molar-refractivity contribution in [2.45, 2.75) is 6.16 Å². The molecule has 1 aromatic carbocycles. The number of nitrogens with zero attached hydrogens (tertiary/aromatic N) is 7. The molecule has 0 bridgehead atoms. The quantitative estimate of drug-likeness (QED) is 0.112. The van der Waals surface area contributed by atoms with Gasteiger partial charge < -0.3 is 26.2 Å². The van der Waals surface area contributed by atoms with Crippen molar-refractivity contribution < 1.29 is 23.9 Å². The molecule has 0 spiro atoms. The van der Waals surface area contributed by atoms with Crippen LogP contribution in [0.15, 0.2) is 30.5 Å². The van der Waals surface area contributed by atoms with E-state index in [1.807, 2.05) is 0 Å². The van der Waals surface area contributed by atoms with Crippen LogP contribution in [0.5, 0.6) is 0 Å². The van der Waals surface area contributed by atoms with Gasteiger partial charge in [0.15, 0.2) is 22.8 Å². The minimum absolute atomic E-state index is 0.0274. The third-order valence-electron chi connectivity index (χ3n) is 4.34. The lowest BCUT2D eigenvalue weighted by molar-refractivity contribution is 0.253. The molecule has 17 heteroatoms. The highest BCUT2D eigenvalue weighted by Gasteiger charge is 2.22. The first kappa shape index (κ1) is 23.7. The number of nitrogens with two attached hydrogens (primary N) is 4. The molecular formula is C16H20N11O5P. The van der Waals surface area contributed by atoms with E-state index in [9.17, 15) is 14.2 Å². The molecule has 3 aromatic rings. The molecule has 0 atom stereocenters. The second-order valence-corrected chi connectivity index (χ2v) is 8.36. The minimum Gasteiger partial charge on any atom is -0.350 e. The average Bonchev–Trinajstić information content (AvgIpc) is 2.75. The van der Waals surface area contributed by atoms with Crippen LogP contribution in [-0.2, 0) is 10.7 Å². The van der Waals surface area contributed by atoms with Gasteiger partial charge in [0.2, 0.25) is 0 Å². The van der Waals surface area contributed by atoms with Gasteiger partial charge in [-0.15, -0.1) is 0 Å². The molecular weight excluding hydrogens is 457 g/mol. The summed E-state index contributed by atoms with van der Waals surface area (Å²) in [4.78, 5) is 59.4. The zero-order valence-electron chi connectivity index (χ0n) is 17.1. The highest BCUT2D eigenvalue weighted by atomic mass is 31.2. The maximum atomic E-state index is 11.6. The molecule has 0 aliphatic carbocycles. The summed E-state index contributed by atoms with van der Waals surface area (Å²) in [7, 11) is -2.54. The van der Waals surface area contributed by atoms with E-state index in [1.54, 1.807) is 36.2 Å². The van der Waals surface area contributed by atoms with Gasteiger partial charge in [0.25, 0.3) is 5.95 Å². The lowest BCUT2D eigenvalue weighted by atomic mass is 10.2. The Kier molecular flexibility index (Phi) is 6.39. The van der Waals surface area contributed by atoms with Crippen molar-refractivity contribution in [1.29, 1.82) is 0 Å². The third kappa shape index (κ3) is 5.28. The number of hydrogen-bond acceptors (Lipinski definition) is 10. The number of hydrogen-bond donors (Lipinski definition) is 6. The lowest BCUT2D eigenvalue weighted by Crippen LogP contribution is -2.45. The minimum atomic E-state index is -4.20. The number of hydrazine groups is 2. The molecule has 0 radical (unpaired) electrons. The van der Waals surface area contributed by atoms with Gasteiger partial charge in [0.1, 0.15) is 0 Å². The summed E-state index contributed by atoms with van der Waals surface area (Å²) in [6, 6.07) is 4.24. The number of carbonyl (C=O) groups is 2. The van der Waals surface area contributed by atoms with Crippen molar-refractivity contribution in [1.82, 2.24) is 19.9 Å². The van der Waals surface area contributed by atoms with Gasteiger partial charge in [0, 0.05) is 12.7 Å². The van der Waals surface area contributed by atoms with E-state index in [-0.39, 0.29) is 22.8 Å². The fourth-order valence-corrected chi connectivity index (χ4v) is 3.39. The van der Waals surface area contributed by atoms with E-state index in [0.717, 1.165) is 0 Å². The third-order valence-corrected chi connectivity index (χ3v) is 5.12. The highest BCUT2D eigenvalue weighted by Crippen LogP contribution is 2.39. The smallest absolute Gasteiger partial charge is 0.336 e. The summed E-state index contributed by atoms with van der Waals surface area (Å²) in [6.07, 6.45) is 0.960. The molecule has 33 heavy (non-hydrogen) atoms. The number of rotatable bonds is 6. The number of amides is 4. The van der Waals surface area contributed by atoms with Crippen LogP contribution in [0.1, 0.15) is 5.56 Å². The summed E-state index contributed by atoms with van der Waals surface area (Å²) in [6.45, 7) is 0. The molecule has 2 heterocycles. The molecule has 10 N–H and O–H groups in total. The standard InChI is InChI=1S/C16H20N11O5P/c1-25(9-4-2-8(3-5-9)7-33(30,31)32)10-6-21-12-11(22-10)13(26(19)14(17)28)24-16(23-12)27(20)15(18)29/h2-6H,7,19-20H2,1H3,(H2,17,28)(H2,18,29)(H2,30,31,32). The van der Waals surface area contributed by atoms with Crippen molar-refractivity contribution in [2.75, 3.05) is 22.0 Å². The van der Waals surface area contributed by atoms with E-state index in [1.165, 1.54) is 6.20 Å². The van der Waals surface area contributed by atoms with Crippen LogP contribution in [0, 0.1) is 0 Å². The number of fused-ring (bicyclic) bond motifs is 1. The molecule has 4 amide bonds. The summed E-state index contributed by atoms with van der Waals surface area (Å²) < 4.78 is 11.2. The molecule has 174 valence electrons. The topological polar surface area (TPSA) is 257 Å². The summed E-state index contributed by atoms with van der Waals surface area (Å²) in [5.74, 6) is 10.8. The van der Waals surface area contributed by atoms with Gasteiger partial charge in [0.05, 0.1) is 12.4 Å². The van der Waals surface area contributed by atoms with Gasteiger partial charge in [-0.25, -0.2) is 36.3 Å². The van der Waals surface area contributed by atoms with Crippen LogP contribution in [0.4, 0.5) is 32.9 Å². The molecule has 0 fully saturated rings. The first-order valence-corrected chi connectivity index (χ1v) is 10.8. The molecule has 3 rings (SSSR count). The summed E-state index contributed by atoms with van der Waals surface area (Å²) in [5.41, 5.74) is 11.4. The van der Waals surface area contributed by atoms with Gasteiger partial charge in [-0.2, -0.15) is 15.0 Å². The second kappa shape index (κ2) is 8.89. The predicted octanol–water partition coefficient (Wildman–Crippen LogP) is -0.617. The Labute approximate surface area is 185 Å². The van der Waals surface area contributed by atoms with Crippen molar-refractivity contribution in [3.63, 3.8) is 0 Å². The number of urea groups is 2. The monoisotopic (exact) mass is 477 g/mol. The first-order valence-electron chi connectivity index (χ1n) is 8.98. The number of benzene rings is 1. The van der Waals surface area contributed by atoms with E-state index in [2.05, 4.69) is 19.9 Å². The normalized spacial score (nSPS) is 11.3. The highest BCUT2D eigenvalue weighted by molar-refractivity contribution is 7.50. The van der Waals surface area contributed by atoms with E-state index < -0.39 is 31.8 Å². The maximum absolute atomic E-state index is 11.6. The maximum Gasteiger partial charge on any atom is 0.336 e. The Morgan fingerprint density at radius 2 is 1.61 bits per heavy atom. The van der Waals surface area contributed by atoms with E-state index in [4.69, 9.17) is 32.9 Å². The van der Waals surface area contributed by atoms with E-state index >= 15 is 0 Å². The van der Waals surface area contributed by atoms with Crippen molar-refractivity contribution >= 4 is 54.1 Å². The molecule has 0 unspecified atom stereocenters. The first-order chi connectivity index (χ1) is 15.4. The molecule has 0 aliphatic heterocycles. The second-order valence-electron chi connectivity index (χ2n) is 6.71. The van der Waals surface area contributed by atoms with Crippen molar-refractivity contribution in [3.8, 4) is 0 Å². The van der Waals surface area contributed by atoms with Crippen LogP contribution in [0.2, 0.25) is 0 Å². The van der Waals surface area contributed by atoms with Gasteiger partial charge in [-0.3, -0.25) is 4.57 Å². The predicted molar refractivity (Wildman–Crippen MR) is 118 cm³/mol. The number of primary amides is 2. The zero-order valence-corrected chi connectivity index (χ0v) is 18.0. The molecule has 0 saturated carbocycles. The number of carbonyl (C=O) groups excluding carboxylic acids is 2. The molecule has 0 aliphatic rings. The largest absolute Gasteiger partial charge is 0.350 e. The van der Waals surface area contributed by atoms with Crippen LogP contribution < -0.4 is 38.1 Å².